The van der Waals surface area contributed by atoms with Gasteiger partial charge in [0.25, 0.3) is 5.91 Å². The number of amides is 3. The maximum Gasteiger partial charge on any atom is 0.271 e. The van der Waals surface area contributed by atoms with E-state index in [1.54, 1.807) is 0 Å². The van der Waals surface area contributed by atoms with Crippen LogP contribution in [0.3, 0.4) is 0 Å². The number of fused-ring (bicyclic) bond motifs is 4. The number of ketones is 1. The zero-order valence-electron chi connectivity index (χ0n) is 19.6. The summed E-state index contributed by atoms with van der Waals surface area (Å²) in [5.74, 6) is -3.96. The van der Waals surface area contributed by atoms with Crippen molar-refractivity contribution in [3.05, 3.63) is 35.5 Å². The molecule has 192 valence electrons. The van der Waals surface area contributed by atoms with Crippen LogP contribution in [0.1, 0.15) is 49.0 Å². The van der Waals surface area contributed by atoms with Gasteiger partial charge in [-0.3, -0.25) is 19.2 Å². The van der Waals surface area contributed by atoms with Crippen LogP contribution in [-0.4, -0.2) is 69.8 Å². The molecule has 4 aliphatic rings. The number of aromatic nitrogens is 1. The molecule has 4 fully saturated rings. The van der Waals surface area contributed by atoms with E-state index in [4.69, 9.17) is 0 Å². The first-order chi connectivity index (χ1) is 17.3. The van der Waals surface area contributed by atoms with Crippen LogP contribution in [0.25, 0.3) is 10.9 Å². The quantitative estimate of drug-likeness (QED) is 0.455. The second-order valence-electron chi connectivity index (χ2n) is 9.96. The third-order valence-electron chi connectivity index (χ3n) is 7.81. The Bertz CT molecular complexity index is 1220. The highest BCUT2D eigenvalue weighted by Crippen LogP contribution is 2.41. The van der Waals surface area contributed by atoms with Gasteiger partial charge in [0.2, 0.25) is 11.8 Å². The molecule has 3 aliphatic heterocycles. The van der Waals surface area contributed by atoms with Gasteiger partial charge >= 0.3 is 0 Å². The van der Waals surface area contributed by atoms with Gasteiger partial charge in [0, 0.05) is 30.0 Å². The smallest absolute Gasteiger partial charge is 0.271 e. The number of carbonyl (C=O) groups excluding carboxylic acids is 4. The van der Waals surface area contributed by atoms with E-state index in [-0.39, 0.29) is 40.9 Å². The number of carbonyl (C=O) groups is 4. The predicted molar refractivity (Wildman–Crippen MR) is 124 cm³/mol. The number of aliphatic hydroxyl groups is 1. The van der Waals surface area contributed by atoms with Crippen LogP contribution in [0.2, 0.25) is 0 Å². The molecule has 1 aromatic heterocycles. The molecule has 4 heterocycles. The Morgan fingerprint density at radius 1 is 1.11 bits per heavy atom. The highest BCUT2D eigenvalue weighted by molar-refractivity contribution is 6.01. The van der Waals surface area contributed by atoms with Gasteiger partial charge in [-0.25, -0.2) is 8.78 Å². The number of aromatic amines is 1. The van der Waals surface area contributed by atoms with Crippen molar-refractivity contribution in [3.63, 3.8) is 0 Å². The van der Waals surface area contributed by atoms with E-state index in [0.29, 0.717) is 25.8 Å². The van der Waals surface area contributed by atoms with Gasteiger partial charge in [-0.2, -0.15) is 0 Å². The number of halogens is 2. The van der Waals surface area contributed by atoms with E-state index >= 15 is 0 Å². The van der Waals surface area contributed by atoms with Crippen LogP contribution < -0.4 is 10.6 Å². The third kappa shape index (κ3) is 4.36. The van der Waals surface area contributed by atoms with Gasteiger partial charge in [-0.05, 0) is 56.6 Å². The van der Waals surface area contributed by atoms with Crippen LogP contribution in [-0.2, 0) is 14.4 Å². The molecule has 0 radical (unpaired) electrons. The Balaban J connectivity index is 1.41. The van der Waals surface area contributed by atoms with Crippen molar-refractivity contribution < 1.29 is 33.1 Å². The van der Waals surface area contributed by atoms with Gasteiger partial charge in [0.15, 0.2) is 5.78 Å². The molecule has 36 heavy (non-hydrogen) atoms. The molecule has 3 amide bonds. The summed E-state index contributed by atoms with van der Waals surface area (Å²) in [4.78, 5) is 55.9. The highest BCUT2D eigenvalue weighted by Gasteiger charge is 2.48. The highest BCUT2D eigenvalue weighted by atomic mass is 19.1. The standard InChI is InChI=1S/C25H28F2N4O5/c26-14-8-17(27)16-10-20(29-18(16)9-14)25(36)31-15-3-1-12(2-4-15)22(31)24(35)30-19(21(33)11-32)7-13-5-6-28-23(13)34/h8-10,12-13,15,19,22,29,32H,1-7,11H2,(H,28,34)(H,30,35)/t12?,13-,15?,19-,22-/m1/s1. The molecule has 11 heteroatoms. The van der Waals surface area contributed by atoms with Crippen molar-refractivity contribution in [2.24, 2.45) is 11.8 Å². The average Bonchev–Trinajstić information content (AvgIpc) is 3.48. The minimum Gasteiger partial charge on any atom is -0.389 e. The zero-order valence-corrected chi connectivity index (χ0v) is 19.6. The monoisotopic (exact) mass is 502 g/mol. The summed E-state index contributed by atoms with van der Waals surface area (Å²) in [5.41, 5.74) is 0.188. The lowest BCUT2D eigenvalue weighted by Crippen LogP contribution is -2.64. The van der Waals surface area contributed by atoms with Crippen molar-refractivity contribution in [1.29, 1.82) is 0 Å². The van der Waals surface area contributed by atoms with Gasteiger partial charge in [-0.1, -0.05) is 0 Å². The summed E-state index contributed by atoms with van der Waals surface area (Å²) in [6.45, 7) is -0.295. The van der Waals surface area contributed by atoms with E-state index in [0.717, 1.165) is 25.0 Å². The topological polar surface area (TPSA) is 132 Å². The Kier molecular flexibility index (Phi) is 6.50. The summed E-state index contributed by atoms with van der Waals surface area (Å²) in [5, 5.41) is 14.9. The third-order valence-corrected chi connectivity index (χ3v) is 7.81. The first-order valence-corrected chi connectivity index (χ1v) is 12.3. The maximum absolute atomic E-state index is 14.2. The molecule has 2 bridgehead atoms. The van der Waals surface area contributed by atoms with E-state index in [1.807, 2.05) is 0 Å². The number of Topliss-reactive ketones (excluding diaryl/α,β-unsaturated/α-hetero) is 1. The van der Waals surface area contributed by atoms with Crippen molar-refractivity contribution in [1.82, 2.24) is 20.5 Å². The molecule has 1 aromatic carbocycles. The molecule has 6 rings (SSSR count). The average molecular weight is 503 g/mol. The Labute approximate surface area is 205 Å². The van der Waals surface area contributed by atoms with Crippen LogP contribution in [0.4, 0.5) is 8.78 Å². The SMILES string of the molecule is O=C1NCC[C@@H]1C[C@@H](NC(=O)[C@H]1C2CCC(CC2)N1C(=O)c1cc2c(F)cc(F)cc2[nH]1)C(=O)CO. The molecule has 1 saturated carbocycles. The number of nitrogens with zero attached hydrogens (tertiary/aromatic N) is 1. The van der Waals surface area contributed by atoms with Crippen molar-refractivity contribution in [2.45, 2.75) is 56.7 Å². The fourth-order valence-corrected chi connectivity index (χ4v) is 5.99. The number of rotatable bonds is 7. The lowest BCUT2D eigenvalue weighted by atomic mass is 9.74. The Morgan fingerprint density at radius 2 is 1.86 bits per heavy atom. The Hall–Kier alpha value is -3.34. The second-order valence-corrected chi connectivity index (χ2v) is 9.96. The van der Waals surface area contributed by atoms with Crippen LogP contribution in [0.5, 0.6) is 0 Å². The van der Waals surface area contributed by atoms with Crippen molar-refractivity contribution >= 4 is 34.4 Å². The molecule has 2 aromatic rings. The second kappa shape index (κ2) is 9.61. The number of benzene rings is 1. The summed E-state index contributed by atoms with van der Waals surface area (Å²) < 4.78 is 27.9. The maximum atomic E-state index is 14.2. The zero-order chi connectivity index (χ0) is 25.6. The normalized spacial score (nSPS) is 26.2. The summed E-state index contributed by atoms with van der Waals surface area (Å²) >= 11 is 0. The number of hydrogen-bond acceptors (Lipinski definition) is 5. The molecule has 1 aliphatic carbocycles. The van der Waals surface area contributed by atoms with Gasteiger partial charge in [0.05, 0.1) is 11.6 Å². The summed E-state index contributed by atoms with van der Waals surface area (Å²) in [6, 6.07) is 1.04. The lowest BCUT2D eigenvalue weighted by Gasteiger charge is -2.50. The molecular weight excluding hydrogens is 474 g/mol. The summed E-state index contributed by atoms with van der Waals surface area (Å²) in [7, 11) is 0. The van der Waals surface area contributed by atoms with Crippen LogP contribution in [0.15, 0.2) is 18.2 Å². The molecular formula is C25H28F2N4O5. The van der Waals surface area contributed by atoms with E-state index in [1.165, 1.54) is 11.0 Å². The van der Waals surface area contributed by atoms with Gasteiger partial charge < -0.3 is 25.6 Å². The molecule has 0 unspecified atom stereocenters. The van der Waals surface area contributed by atoms with Crippen LogP contribution in [0, 0.1) is 23.5 Å². The minimum absolute atomic E-state index is 0.0467. The van der Waals surface area contributed by atoms with Crippen molar-refractivity contribution in [2.75, 3.05) is 13.2 Å². The number of nitrogens with one attached hydrogen (secondary N) is 3. The first-order valence-electron chi connectivity index (χ1n) is 12.3. The fourth-order valence-electron chi connectivity index (χ4n) is 5.99. The minimum atomic E-state index is -1.06. The van der Waals surface area contributed by atoms with E-state index in [2.05, 4.69) is 15.6 Å². The van der Waals surface area contributed by atoms with Gasteiger partial charge in [0.1, 0.15) is 30.0 Å². The van der Waals surface area contributed by atoms with E-state index in [9.17, 15) is 33.1 Å². The van der Waals surface area contributed by atoms with Crippen molar-refractivity contribution in [3.8, 4) is 0 Å². The van der Waals surface area contributed by atoms with Gasteiger partial charge in [-0.15, -0.1) is 0 Å². The first kappa shape index (κ1) is 24.4. The molecule has 9 nitrogen and oxygen atoms in total. The van der Waals surface area contributed by atoms with Crippen LogP contribution >= 0.6 is 0 Å². The Morgan fingerprint density at radius 3 is 2.53 bits per heavy atom. The molecule has 0 spiro atoms. The lowest BCUT2D eigenvalue weighted by molar-refractivity contribution is -0.137. The largest absolute Gasteiger partial charge is 0.389 e. The summed E-state index contributed by atoms with van der Waals surface area (Å²) in [6.07, 6.45) is 3.50. The predicted octanol–water partition coefficient (Wildman–Crippen LogP) is 1.40. The number of hydrogen-bond donors (Lipinski definition) is 4. The number of piperidine rings is 2. The number of aliphatic hydroxyl groups excluding tert-OH is 1. The fraction of sp³-hybridized carbons (Fsp3) is 0.520. The number of H-pyrrole nitrogens is 1. The molecule has 3 atom stereocenters. The van der Waals surface area contributed by atoms with E-state index < -0.39 is 53.8 Å². The molecule has 3 saturated heterocycles. The molecule has 4 N–H and O–H groups in total.